The van der Waals surface area contributed by atoms with E-state index < -0.39 is 0 Å². The number of aliphatic imine (C=N–C) groups is 1. The Morgan fingerprint density at radius 3 is 2.21 bits per heavy atom. The molecule has 1 N–H and O–H groups in total. The molecule has 0 fully saturated rings. The summed E-state index contributed by atoms with van der Waals surface area (Å²) in [7, 11) is 4.79. The number of benzene rings is 1. The SMILES string of the molecule is COc1cc(NC2=NC(C)CS2)cc(OC)c1OC. The third-order valence-electron chi connectivity index (χ3n) is 2.71. The molecule has 1 aromatic rings. The molecule has 6 heteroatoms. The number of amidine groups is 1. The molecule has 0 amide bonds. The zero-order valence-corrected chi connectivity index (χ0v) is 12.3. The van der Waals surface area contributed by atoms with E-state index in [0.717, 1.165) is 16.6 Å². The lowest BCUT2D eigenvalue weighted by molar-refractivity contribution is 0.324. The molecule has 1 heterocycles. The molecule has 104 valence electrons. The summed E-state index contributed by atoms with van der Waals surface area (Å²) in [5, 5.41) is 4.19. The van der Waals surface area contributed by atoms with Gasteiger partial charge in [0.15, 0.2) is 16.7 Å². The van der Waals surface area contributed by atoms with Crippen molar-refractivity contribution in [3.63, 3.8) is 0 Å². The summed E-state index contributed by atoms with van der Waals surface area (Å²) in [4.78, 5) is 4.49. The van der Waals surface area contributed by atoms with E-state index in [-0.39, 0.29) is 0 Å². The summed E-state index contributed by atoms with van der Waals surface area (Å²) >= 11 is 1.71. The van der Waals surface area contributed by atoms with Gasteiger partial charge >= 0.3 is 0 Å². The quantitative estimate of drug-likeness (QED) is 0.920. The predicted molar refractivity (Wildman–Crippen MR) is 79.1 cm³/mol. The van der Waals surface area contributed by atoms with Crippen LogP contribution in [0.4, 0.5) is 5.69 Å². The normalized spacial score (nSPS) is 17.9. The van der Waals surface area contributed by atoms with Crippen molar-refractivity contribution < 1.29 is 14.2 Å². The molecule has 19 heavy (non-hydrogen) atoms. The lowest BCUT2D eigenvalue weighted by Crippen LogP contribution is -2.06. The largest absolute Gasteiger partial charge is 0.493 e. The van der Waals surface area contributed by atoms with Gasteiger partial charge in [0, 0.05) is 23.6 Å². The van der Waals surface area contributed by atoms with Crippen LogP contribution in [0.1, 0.15) is 6.92 Å². The van der Waals surface area contributed by atoms with Gasteiger partial charge in [0.25, 0.3) is 0 Å². The molecule has 1 unspecified atom stereocenters. The lowest BCUT2D eigenvalue weighted by atomic mass is 10.2. The van der Waals surface area contributed by atoms with Crippen LogP contribution in [0.3, 0.4) is 0 Å². The Bertz CT molecular complexity index is 466. The zero-order valence-electron chi connectivity index (χ0n) is 11.5. The Hall–Kier alpha value is -1.56. The van der Waals surface area contributed by atoms with E-state index in [2.05, 4.69) is 17.2 Å². The first kappa shape index (κ1) is 13.9. The summed E-state index contributed by atoms with van der Waals surface area (Å²) in [6, 6.07) is 4.09. The Balaban J connectivity index is 2.28. The molecule has 1 aliphatic rings. The number of nitrogens with one attached hydrogen (secondary N) is 1. The molecular formula is C13H18N2O3S. The topological polar surface area (TPSA) is 52.1 Å². The minimum absolute atomic E-state index is 0.356. The summed E-state index contributed by atoms with van der Waals surface area (Å²) in [6.45, 7) is 2.09. The highest BCUT2D eigenvalue weighted by Crippen LogP contribution is 2.40. The maximum atomic E-state index is 5.31. The Kier molecular flexibility index (Phi) is 4.42. The fourth-order valence-electron chi connectivity index (χ4n) is 1.82. The van der Waals surface area contributed by atoms with E-state index in [1.807, 2.05) is 12.1 Å². The second-order valence-electron chi connectivity index (χ2n) is 4.13. The van der Waals surface area contributed by atoms with Gasteiger partial charge in [-0.15, -0.1) is 0 Å². The molecule has 2 rings (SSSR count). The van der Waals surface area contributed by atoms with Gasteiger partial charge < -0.3 is 19.5 Å². The van der Waals surface area contributed by atoms with E-state index in [1.165, 1.54) is 0 Å². The van der Waals surface area contributed by atoms with Crippen LogP contribution in [0, 0.1) is 0 Å². The second kappa shape index (κ2) is 6.06. The number of ether oxygens (including phenoxy) is 3. The van der Waals surface area contributed by atoms with Crippen LogP contribution in [0.25, 0.3) is 0 Å². The maximum Gasteiger partial charge on any atom is 0.203 e. The van der Waals surface area contributed by atoms with Gasteiger partial charge in [-0.25, -0.2) is 0 Å². The molecule has 0 saturated carbocycles. The number of rotatable bonds is 4. The van der Waals surface area contributed by atoms with Crippen molar-refractivity contribution in [2.75, 3.05) is 32.4 Å². The number of hydrogen-bond acceptors (Lipinski definition) is 6. The standard InChI is InChI=1S/C13H18N2O3S/c1-8-7-19-13(14-8)15-9-5-10(16-2)12(18-4)11(6-9)17-3/h5-6,8H,7H2,1-4H3,(H,14,15). The molecule has 0 aliphatic carbocycles. The molecule has 0 saturated heterocycles. The first-order valence-electron chi connectivity index (χ1n) is 5.95. The minimum Gasteiger partial charge on any atom is -0.493 e. The molecule has 5 nitrogen and oxygen atoms in total. The number of hydrogen-bond donors (Lipinski definition) is 1. The first-order valence-corrected chi connectivity index (χ1v) is 6.94. The highest BCUT2D eigenvalue weighted by Gasteiger charge is 2.17. The molecule has 0 aromatic heterocycles. The van der Waals surface area contributed by atoms with Crippen molar-refractivity contribution in [2.45, 2.75) is 13.0 Å². The van der Waals surface area contributed by atoms with Crippen molar-refractivity contribution in [3.05, 3.63) is 12.1 Å². The Morgan fingerprint density at radius 2 is 1.79 bits per heavy atom. The molecule has 1 atom stereocenters. The molecule has 1 aromatic carbocycles. The van der Waals surface area contributed by atoms with Gasteiger partial charge in [0.05, 0.1) is 27.4 Å². The van der Waals surface area contributed by atoms with Crippen LogP contribution < -0.4 is 19.5 Å². The highest BCUT2D eigenvalue weighted by molar-refractivity contribution is 8.14. The Morgan fingerprint density at radius 1 is 1.16 bits per heavy atom. The number of thioether (sulfide) groups is 1. The molecule has 0 radical (unpaired) electrons. The van der Waals surface area contributed by atoms with Crippen LogP contribution in [-0.4, -0.2) is 38.3 Å². The average Bonchev–Trinajstić information content (AvgIpc) is 2.82. The van der Waals surface area contributed by atoms with Crippen molar-refractivity contribution in [1.29, 1.82) is 0 Å². The molecular weight excluding hydrogens is 264 g/mol. The van der Waals surface area contributed by atoms with E-state index in [9.17, 15) is 0 Å². The minimum atomic E-state index is 0.356. The number of anilines is 1. The van der Waals surface area contributed by atoms with E-state index in [4.69, 9.17) is 14.2 Å². The van der Waals surface area contributed by atoms with E-state index in [0.29, 0.717) is 23.3 Å². The lowest BCUT2D eigenvalue weighted by Gasteiger charge is -2.14. The predicted octanol–water partition coefficient (Wildman–Crippen LogP) is 2.62. The average molecular weight is 282 g/mol. The number of nitrogens with zero attached hydrogens (tertiary/aromatic N) is 1. The van der Waals surface area contributed by atoms with Crippen molar-refractivity contribution in [1.82, 2.24) is 0 Å². The smallest absolute Gasteiger partial charge is 0.203 e. The summed E-state index contributed by atoms with van der Waals surface area (Å²) in [5.41, 5.74) is 0.870. The van der Waals surface area contributed by atoms with Gasteiger partial charge in [-0.3, -0.25) is 4.99 Å². The van der Waals surface area contributed by atoms with Crippen LogP contribution in [0.5, 0.6) is 17.2 Å². The third kappa shape index (κ3) is 3.07. The summed E-state index contributed by atoms with van der Waals surface area (Å²) < 4.78 is 15.9. The van der Waals surface area contributed by atoms with Crippen molar-refractivity contribution in [2.24, 2.45) is 4.99 Å². The fourth-order valence-corrected chi connectivity index (χ4v) is 2.74. The van der Waals surface area contributed by atoms with Crippen LogP contribution in [0.15, 0.2) is 17.1 Å². The van der Waals surface area contributed by atoms with Gasteiger partial charge in [-0.1, -0.05) is 11.8 Å². The maximum absolute atomic E-state index is 5.31. The monoisotopic (exact) mass is 282 g/mol. The van der Waals surface area contributed by atoms with Crippen LogP contribution in [0.2, 0.25) is 0 Å². The molecule has 1 aliphatic heterocycles. The van der Waals surface area contributed by atoms with Gasteiger partial charge in [-0.05, 0) is 6.92 Å². The number of methoxy groups -OCH3 is 3. The van der Waals surface area contributed by atoms with Gasteiger partial charge in [0.1, 0.15) is 0 Å². The highest BCUT2D eigenvalue weighted by atomic mass is 32.2. The summed E-state index contributed by atoms with van der Waals surface area (Å²) in [6.07, 6.45) is 0. The fraction of sp³-hybridized carbons (Fsp3) is 0.462. The first-order chi connectivity index (χ1) is 9.17. The van der Waals surface area contributed by atoms with Crippen LogP contribution >= 0.6 is 11.8 Å². The van der Waals surface area contributed by atoms with Gasteiger partial charge in [0.2, 0.25) is 5.75 Å². The van der Waals surface area contributed by atoms with E-state index in [1.54, 1.807) is 33.1 Å². The molecule has 0 bridgehead atoms. The van der Waals surface area contributed by atoms with E-state index >= 15 is 0 Å². The van der Waals surface area contributed by atoms with Crippen molar-refractivity contribution >= 4 is 22.6 Å². The zero-order chi connectivity index (χ0) is 13.8. The summed E-state index contributed by atoms with van der Waals surface area (Å²) in [5.74, 6) is 2.85. The van der Waals surface area contributed by atoms with Crippen molar-refractivity contribution in [3.8, 4) is 17.2 Å². The van der Waals surface area contributed by atoms with Crippen LogP contribution in [-0.2, 0) is 0 Å². The third-order valence-corrected chi connectivity index (χ3v) is 3.84. The Labute approximate surface area is 117 Å². The molecule has 0 spiro atoms. The van der Waals surface area contributed by atoms with Gasteiger partial charge in [-0.2, -0.15) is 0 Å². The second-order valence-corrected chi connectivity index (χ2v) is 5.14.